The summed E-state index contributed by atoms with van der Waals surface area (Å²) in [6.07, 6.45) is 1.66. The molecule has 2 rings (SSSR count). The Morgan fingerprint density at radius 2 is 2.23 bits per heavy atom. The molecule has 0 aliphatic heterocycles. The van der Waals surface area contributed by atoms with E-state index in [1.807, 2.05) is 0 Å². The molecule has 0 unspecified atom stereocenters. The second kappa shape index (κ2) is 3.08. The van der Waals surface area contributed by atoms with Crippen LogP contribution in [0.15, 0.2) is 0 Å². The number of carbonyl (C=O) groups excluding carboxylic acids is 2. The molecule has 13 heavy (non-hydrogen) atoms. The molecule has 4 heteroatoms. The van der Waals surface area contributed by atoms with E-state index in [0.29, 0.717) is 5.92 Å². The van der Waals surface area contributed by atoms with Crippen LogP contribution in [-0.2, 0) is 14.3 Å². The van der Waals surface area contributed by atoms with Gasteiger partial charge in [-0.15, -0.1) is 0 Å². The van der Waals surface area contributed by atoms with Crippen LogP contribution in [0.5, 0.6) is 0 Å². The summed E-state index contributed by atoms with van der Waals surface area (Å²) in [5.74, 6) is 0.0617. The first-order valence-electron chi connectivity index (χ1n) is 4.40. The minimum atomic E-state index is -0.222. The minimum Gasteiger partial charge on any atom is -0.469 e. The molecule has 72 valence electrons. The quantitative estimate of drug-likeness (QED) is 0.515. The largest absolute Gasteiger partial charge is 0.469 e. The number of Topliss-reactive ketones (excluding diaryl/α,β-unsaturated/α-hetero) is 1. The highest BCUT2D eigenvalue weighted by atomic mass is 79.9. The van der Waals surface area contributed by atoms with Crippen LogP contribution in [0, 0.1) is 17.8 Å². The molecule has 0 N–H and O–H groups in total. The number of hydrogen-bond acceptors (Lipinski definition) is 3. The third kappa shape index (κ3) is 1.23. The molecule has 3 nitrogen and oxygen atoms in total. The van der Waals surface area contributed by atoms with E-state index in [9.17, 15) is 9.59 Å². The highest BCUT2D eigenvalue weighted by Gasteiger charge is 2.53. The lowest BCUT2D eigenvalue weighted by Crippen LogP contribution is -2.33. The van der Waals surface area contributed by atoms with Gasteiger partial charge in [0.25, 0.3) is 0 Å². The van der Waals surface area contributed by atoms with Crippen molar-refractivity contribution in [3.05, 3.63) is 0 Å². The fourth-order valence-corrected chi connectivity index (χ4v) is 3.25. The summed E-state index contributed by atoms with van der Waals surface area (Å²) in [6, 6.07) is 0. The van der Waals surface area contributed by atoms with Crippen molar-refractivity contribution in [1.82, 2.24) is 0 Å². The molecule has 0 aromatic heterocycles. The molecule has 0 aromatic rings. The number of hydrogen-bond donors (Lipinski definition) is 0. The zero-order valence-electron chi connectivity index (χ0n) is 7.33. The van der Waals surface area contributed by atoms with E-state index in [4.69, 9.17) is 0 Å². The van der Waals surface area contributed by atoms with Gasteiger partial charge in [-0.3, -0.25) is 9.59 Å². The van der Waals surface area contributed by atoms with Gasteiger partial charge in [-0.05, 0) is 18.8 Å². The molecule has 2 saturated carbocycles. The Morgan fingerprint density at radius 1 is 1.54 bits per heavy atom. The maximum Gasteiger partial charge on any atom is 0.309 e. The molecule has 2 bridgehead atoms. The molecule has 4 atom stereocenters. The molecule has 0 spiro atoms. The Balaban J connectivity index is 2.14. The number of ether oxygens (including phenoxy) is 1. The van der Waals surface area contributed by atoms with E-state index in [-0.39, 0.29) is 28.4 Å². The average molecular weight is 247 g/mol. The molecule has 0 radical (unpaired) electrons. The van der Waals surface area contributed by atoms with Crippen molar-refractivity contribution < 1.29 is 14.3 Å². The van der Waals surface area contributed by atoms with Gasteiger partial charge in [0.1, 0.15) is 0 Å². The first kappa shape index (κ1) is 9.19. The van der Waals surface area contributed by atoms with Crippen LogP contribution in [0.1, 0.15) is 12.8 Å². The number of carbonyl (C=O) groups is 2. The van der Waals surface area contributed by atoms with Crippen molar-refractivity contribution in [2.75, 3.05) is 7.11 Å². The maximum atomic E-state index is 11.5. The van der Waals surface area contributed by atoms with E-state index < -0.39 is 0 Å². The molecular formula is C9H11BrO3. The van der Waals surface area contributed by atoms with E-state index in [1.54, 1.807) is 0 Å². The van der Waals surface area contributed by atoms with Gasteiger partial charge in [-0.1, -0.05) is 15.9 Å². The van der Waals surface area contributed by atoms with Crippen LogP contribution in [0.4, 0.5) is 0 Å². The summed E-state index contributed by atoms with van der Waals surface area (Å²) >= 11 is 3.36. The van der Waals surface area contributed by atoms with Gasteiger partial charge < -0.3 is 4.74 Å². The van der Waals surface area contributed by atoms with Gasteiger partial charge in [0.2, 0.25) is 0 Å². The highest BCUT2D eigenvalue weighted by molar-refractivity contribution is 9.10. The molecule has 2 aliphatic rings. The third-order valence-corrected chi connectivity index (χ3v) is 4.35. The Labute approximate surface area is 85.0 Å². The number of esters is 1. The number of fused-ring (bicyclic) bond motifs is 2. The summed E-state index contributed by atoms with van der Waals surface area (Å²) < 4.78 is 4.66. The number of alkyl halides is 1. The SMILES string of the molecule is COC(=O)[C@H]1C[C@H]2C[C@@H]1C(=O)[C@@H]2Br. The first-order valence-corrected chi connectivity index (χ1v) is 5.32. The van der Waals surface area contributed by atoms with Gasteiger partial charge in [0.15, 0.2) is 5.78 Å². The number of methoxy groups -OCH3 is 1. The third-order valence-electron chi connectivity index (χ3n) is 3.15. The monoisotopic (exact) mass is 246 g/mol. The predicted octanol–water partition coefficient (Wildman–Crippen LogP) is 1.15. The summed E-state index contributed by atoms with van der Waals surface area (Å²) in [7, 11) is 1.38. The summed E-state index contributed by atoms with van der Waals surface area (Å²) in [6.45, 7) is 0. The molecular weight excluding hydrogens is 236 g/mol. The summed E-state index contributed by atoms with van der Waals surface area (Å²) in [5, 5.41) is 0. The van der Waals surface area contributed by atoms with Crippen LogP contribution in [0.3, 0.4) is 0 Å². The fraction of sp³-hybridized carbons (Fsp3) is 0.778. The number of ketones is 1. The Kier molecular flexibility index (Phi) is 2.18. The molecule has 2 aliphatic carbocycles. The van der Waals surface area contributed by atoms with Crippen molar-refractivity contribution >= 4 is 27.7 Å². The Hall–Kier alpha value is -0.380. The van der Waals surface area contributed by atoms with Crippen molar-refractivity contribution in [3.8, 4) is 0 Å². The smallest absolute Gasteiger partial charge is 0.309 e. The maximum absolute atomic E-state index is 11.5. The molecule has 0 heterocycles. The zero-order valence-corrected chi connectivity index (χ0v) is 8.91. The van der Waals surface area contributed by atoms with Crippen molar-refractivity contribution in [2.45, 2.75) is 17.7 Å². The van der Waals surface area contributed by atoms with E-state index in [0.717, 1.165) is 12.8 Å². The lowest BCUT2D eigenvalue weighted by Gasteiger charge is -2.21. The standard InChI is InChI=1S/C9H11BrO3/c1-13-9(12)6-3-4-2-5(6)8(11)7(4)10/h4-7H,2-3H2,1H3/t4-,5+,6+,7-/m1/s1. The molecule has 2 fully saturated rings. The van der Waals surface area contributed by atoms with Gasteiger partial charge >= 0.3 is 5.97 Å². The van der Waals surface area contributed by atoms with Crippen molar-refractivity contribution in [3.63, 3.8) is 0 Å². The topological polar surface area (TPSA) is 43.4 Å². The van der Waals surface area contributed by atoms with Crippen LogP contribution >= 0.6 is 15.9 Å². The average Bonchev–Trinajstić information content (AvgIpc) is 2.67. The lowest BCUT2D eigenvalue weighted by atomic mass is 9.88. The van der Waals surface area contributed by atoms with Gasteiger partial charge in [-0.2, -0.15) is 0 Å². The van der Waals surface area contributed by atoms with Crippen molar-refractivity contribution in [1.29, 1.82) is 0 Å². The van der Waals surface area contributed by atoms with E-state index >= 15 is 0 Å². The van der Waals surface area contributed by atoms with E-state index in [1.165, 1.54) is 7.11 Å². The normalized spacial score (nSPS) is 42.5. The van der Waals surface area contributed by atoms with Crippen LogP contribution < -0.4 is 0 Å². The Bertz CT molecular complexity index is 264. The van der Waals surface area contributed by atoms with Crippen LogP contribution in [-0.4, -0.2) is 23.7 Å². The molecule has 0 aromatic carbocycles. The van der Waals surface area contributed by atoms with Crippen LogP contribution in [0.25, 0.3) is 0 Å². The second-order valence-electron chi connectivity index (χ2n) is 3.77. The van der Waals surface area contributed by atoms with Gasteiger partial charge in [0.05, 0.1) is 17.9 Å². The van der Waals surface area contributed by atoms with Gasteiger partial charge in [0, 0.05) is 5.92 Å². The minimum absolute atomic E-state index is 0.0154. The second-order valence-corrected chi connectivity index (χ2v) is 4.76. The first-order chi connectivity index (χ1) is 6.15. The highest BCUT2D eigenvalue weighted by Crippen LogP contribution is 2.49. The van der Waals surface area contributed by atoms with Gasteiger partial charge in [-0.25, -0.2) is 0 Å². The summed E-state index contributed by atoms with van der Waals surface area (Å²) in [5.41, 5.74) is 0. The van der Waals surface area contributed by atoms with Crippen molar-refractivity contribution in [2.24, 2.45) is 17.8 Å². The Morgan fingerprint density at radius 3 is 2.69 bits per heavy atom. The number of halogens is 1. The number of rotatable bonds is 1. The molecule has 0 saturated heterocycles. The lowest BCUT2D eigenvalue weighted by molar-refractivity contribution is -0.149. The van der Waals surface area contributed by atoms with Crippen LogP contribution in [0.2, 0.25) is 0 Å². The summed E-state index contributed by atoms with van der Waals surface area (Å²) in [4.78, 5) is 22.8. The zero-order chi connectivity index (χ0) is 9.59. The fourth-order valence-electron chi connectivity index (χ4n) is 2.48. The predicted molar refractivity (Wildman–Crippen MR) is 49.4 cm³/mol. The molecule has 0 amide bonds. The van der Waals surface area contributed by atoms with E-state index in [2.05, 4.69) is 20.7 Å².